The summed E-state index contributed by atoms with van der Waals surface area (Å²) >= 11 is 0. The van der Waals surface area contributed by atoms with Gasteiger partial charge < -0.3 is 14.8 Å². The van der Waals surface area contributed by atoms with Gasteiger partial charge in [0, 0.05) is 23.6 Å². The minimum Gasteiger partial charge on any atom is -0.470 e. The van der Waals surface area contributed by atoms with Gasteiger partial charge in [0.2, 0.25) is 0 Å². The van der Waals surface area contributed by atoms with E-state index >= 15 is 0 Å². The summed E-state index contributed by atoms with van der Waals surface area (Å²) in [7, 11) is 0. The van der Waals surface area contributed by atoms with Crippen LogP contribution in [0.4, 0.5) is 18.9 Å². The second kappa shape index (κ2) is 8.87. The first-order chi connectivity index (χ1) is 13.4. The Morgan fingerprint density at radius 2 is 1.75 bits per heavy atom. The fourth-order valence-corrected chi connectivity index (χ4v) is 2.90. The number of unbranched alkanes of at least 4 members (excludes halogenated alkanes) is 1. The van der Waals surface area contributed by atoms with E-state index in [1.165, 1.54) is 18.2 Å². The van der Waals surface area contributed by atoms with Crippen molar-refractivity contribution in [2.24, 2.45) is 0 Å². The van der Waals surface area contributed by atoms with Crippen LogP contribution >= 0.6 is 0 Å². The molecular formula is C22H21F3NO2. The molecule has 0 bridgehead atoms. The van der Waals surface area contributed by atoms with E-state index in [4.69, 9.17) is 4.74 Å². The molecule has 0 aliphatic carbocycles. The number of fused-ring (bicyclic) bond motifs is 1. The Kier molecular flexibility index (Phi) is 6.29. The van der Waals surface area contributed by atoms with E-state index in [9.17, 15) is 13.2 Å². The molecule has 0 fully saturated rings. The molecule has 0 saturated carbocycles. The molecule has 6 heteroatoms. The molecule has 147 valence electrons. The highest BCUT2D eigenvalue weighted by molar-refractivity contribution is 5.88. The molecule has 1 radical (unpaired) electrons. The van der Waals surface area contributed by atoms with Crippen molar-refractivity contribution in [1.82, 2.24) is 0 Å². The van der Waals surface area contributed by atoms with E-state index in [0.29, 0.717) is 12.1 Å². The first-order valence-corrected chi connectivity index (χ1v) is 8.99. The van der Waals surface area contributed by atoms with Crippen LogP contribution in [0.5, 0.6) is 11.5 Å². The van der Waals surface area contributed by atoms with Crippen LogP contribution in [0.3, 0.4) is 0 Å². The molecule has 0 saturated heterocycles. The van der Waals surface area contributed by atoms with Gasteiger partial charge in [-0.3, -0.25) is 0 Å². The summed E-state index contributed by atoms with van der Waals surface area (Å²) in [5.41, 5.74) is 0.489. The number of hydrogen-bond acceptors (Lipinski definition) is 3. The second-order valence-electron chi connectivity index (χ2n) is 6.29. The lowest BCUT2D eigenvalue weighted by Crippen LogP contribution is -2.26. The van der Waals surface area contributed by atoms with Crippen LogP contribution in [0.1, 0.15) is 19.8 Å². The summed E-state index contributed by atoms with van der Waals surface area (Å²) < 4.78 is 47.6. The van der Waals surface area contributed by atoms with Crippen LogP contribution in [0.15, 0.2) is 66.7 Å². The average Bonchev–Trinajstić information content (AvgIpc) is 2.65. The Labute approximate surface area is 162 Å². The van der Waals surface area contributed by atoms with Gasteiger partial charge >= 0.3 is 6.36 Å². The monoisotopic (exact) mass is 388 g/mol. The highest BCUT2D eigenvalue weighted by Gasteiger charge is 2.31. The minimum atomic E-state index is -4.73. The number of anilines is 1. The largest absolute Gasteiger partial charge is 0.573 e. The maximum Gasteiger partial charge on any atom is 0.573 e. The second-order valence-corrected chi connectivity index (χ2v) is 6.29. The maximum absolute atomic E-state index is 12.5. The van der Waals surface area contributed by atoms with Crippen molar-refractivity contribution in [2.75, 3.05) is 5.32 Å². The normalized spacial score (nSPS) is 12.6. The number of rotatable bonds is 8. The average molecular weight is 388 g/mol. The first kappa shape index (κ1) is 19.9. The summed E-state index contributed by atoms with van der Waals surface area (Å²) in [6.07, 6.45) is -1.67. The molecule has 0 aromatic heterocycles. The molecule has 3 aromatic carbocycles. The summed E-state index contributed by atoms with van der Waals surface area (Å²) in [6, 6.07) is 19.4. The number of hydrogen-bond donors (Lipinski definition) is 1. The van der Waals surface area contributed by atoms with Crippen molar-refractivity contribution in [3.63, 3.8) is 0 Å². The van der Waals surface area contributed by atoms with Gasteiger partial charge in [-0.2, -0.15) is 0 Å². The Morgan fingerprint density at radius 1 is 1.00 bits per heavy atom. The van der Waals surface area contributed by atoms with E-state index in [1.807, 2.05) is 55.8 Å². The lowest BCUT2D eigenvalue weighted by atomic mass is 10.1. The third-order valence-corrected chi connectivity index (χ3v) is 4.13. The fourth-order valence-electron chi connectivity index (χ4n) is 2.90. The number of nitrogens with one attached hydrogen (secondary N) is 1. The van der Waals surface area contributed by atoms with Gasteiger partial charge in [-0.25, -0.2) is 0 Å². The molecule has 1 atom stereocenters. The van der Waals surface area contributed by atoms with E-state index in [0.717, 1.165) is 22.9 Å². The van der Waals surface area contributed by atoms with Crippen molar-refractivity contribution >= 4 is 16.5 Å². The zero-order valence-electron chi connectivity index (χ0n) is 15.4. The zero-order chi connectivity index (χ0) is 20.0. The summed E-state index contributed by atoms with van der Waals surface area (Å²) in [6.45, 7) is 1.95. The van der Waals surface area contributed by atoms with Crippen molar-refractivity contribution < 1.29 is 22.6 Å². The van der Waals surface area contributed by atoms with Gasteiger partial charge in [0.15, 0.2) is 6.23 Å². The Hall–Kier alpha value is -2.89. The van der Waals surface area contributed by atoms with Crippen molar-refractivity contribution in [1.29, 1.82) is 0 Å². The molecule has 0 aliphatic heterocycles. The molecule has 0 aliphatic rings. The van der Waals surface area contributed by atoms with Crippen LogP contribution in [-0.4, -0.2) is 12.6 Å². The van der Waals surface area contributed by atoms with Crippen molar-refractivity contribution in [2.45, 2.75) is 32.4 Å². The number of ether oxygens (including phenoxy) is 2. The molecular weight excluding hydrogens is 367 g/mol. The minimum absolute atomic E-state index is 0.275. The third kappa shape index (κ3) is 5.55. The summed E-state index contributed by atoms with van der Waals surface area (Å²) in [5, 5.41) is 5.20. The molecule has 0 heterocycles. The lowest BCUT2D eigenvalue weighted by Gasteiger charge is -2.23. The van der Waals surface area contributed by atoms with E-state index in [-0.39, 0.29) is 5.75 Å². The topological polar surface area (TPSA) is 30.5 Å². The van der Waals surface area contributed by atoms with E-state index in [1.54, 1.807) is 6.07 Å². The van der Waals surface area contributed by atoms with Crippen molar-refractivity contribution in [3.8, 4) is 11.5 Å². The first-order valence-electron chi connectivity index (χ1n) is 8.99. The standard InChI is InChI=1S/C22H21F3NO2/c1-2-3-14-21(26-17-10-7-11-18(15-17)28-22(23,24)25)27-20-13-6-9-16-8-4-5-12-19(16)20/h2,4-13,15,21,26H,3,14H2,1H3. The highest BCUT2D eigenvalue weighted by atomic mass is 19.4. The summed E-state index contributed by atoms with van der Waals surface area (Å²) in [5.74, 6) is 0.442. The van der Waals surface area contributed by atoms with E-state index < -0.39 is 12.6 Å². The van der Waals surface area contributed by atoms with E-state index in [2.05, 4.69) is 10.1 Å². The molecule has 3 aromatic rings. The number of benzene rings is 3. The smallest absolute Gasteiger partial charge is 0.470 e. The van der Waals surface area contributed by atoms with Gasteiger partial charge in [0.05, 0.1) is 0 Å². The summed E-state index contributed by atoms with van der Waals surface area (Å²) in [4.78, 5) is 0. The van der Waals surface area contributed by atoms with Crippen molar-refractivity contribution in [3.05, 3.63) is 73.2 Å². The zero-order valence-corrected chi connectivity index (χ0v) is 15.4. The Bertz CT molecular complexity index is 906. The van der Waals surface area contributed by atoms with Crippen LogP contribution in [0.2, 0.25) is 0 Å². The van der Waals surface area contributed by atoms with Crippen LogP contribution < -0.4 is 14.8 Å². The molecule has 3 nitrogen and oxygen atoms in total. The Balaban J connectivity index is 1.80. The van der Waals surface area contributed by atoms with Crippen LogP contribution in [-0.2, 0) is 0 Å². The lowest BCUT2D eigenvalue weighted by molar-refractivity contribution is -0.274. The van der Waals surface area contributed by atoms with Crippen LogP contribution in [0.25, 0.3) is 10.8 Å². The molecule has 1 unspecified atom stereocenters. The fraction of sp³-hybridized carbons (Fsp3) is 0.227. The molecule has 28 heavy (non-hydrogen) atoms. The predicted molar refractivity (Wildman–Crippen MR) is 104 cm³/mol. The Morgan fingerprint density at radius 3 is 2.54 bits per heavy atom. The molecule has 0 spiro atoms. The van der Waals surface area contributed by atoms with Gasteiger partial charge in [0.25, 0.3) is 0 Å². The highest BCUT2D eigenvalue weighted by Crippen LogP contribution is 2.29. The van der Waals surface area contributed by atoms with Gasteiger partial charge in [-0.05, 0) is 36.4 Å². The quantitative estimate of drug-likeness (QED) is 0.443. The number of alkyl halides is 3. The van der Waals surface area contributed by atoms with Gasteiger partial charge in [-0.1, -0.05) is 49.4 Å². The van der Waals surface area contributed by atoms with Crippen LogP contribution in [0, 0.1) is 6.42 Å². The third-order valence-electron chi connectivity index (χ3n) is 4.13. The van der Waals surface area contributed by atoms with Gasteiger partial charge in [-0.15, -0.1) is 13.2 Å². The number of halogens is 3. The predicted octanol–water partition coefficient (Wildman–Crippen LogP) is 6.56. The maximum atomic E-state index is 12.5. The molecule has 0 amide bonds. The molecule has 3 rings (SSSR count). The SMILES string of the molecule is C[CH]CCC(Nc1cccc(OC(F)(F)F)c1)Oc1cccc2ccccc12. The van der Waals surface area contributed by atoms with Gasteiger partial charge in [0.1, 0.15) is 11.5 Å². The molecule has 1 N–H and O–H groups in total.